The van der Waals surface area contributed by atoms with Crippen molar-refractivity contribution in [3.63, 3.8) is 0 Å². The van der Waals surface area contributed by atoms with Crippen molar-refractivity contribution in [3.05, 3.63) is 0 Å². The highest BCUT2D eigenvalue weighted by Crippen LogP contribution is 2.22. The zero-order valence-electron chi connectivity index (χ0n) is 14.2. The Morgan fingerprint density at radius 2 is 0.762 bits per heavy atom. The molecule has 2 aliphatic rings. The third-order valence-corrected chi connectivity index (χ3v) is 5.48. The SMILES string of the molecule is C1CCCCC(N2CCCCCCCCC2)CCCC1.[N]. The van der Waals surface area contributed by atoms with Crippen LogP contribution in [-0.4, -0.2) is 24.0 Å². The van der Waals surface area contributed by atoms with Crippen molar-refractivity contribution in [1.29, 1.82) is 0 Å². The Morgan fingerprint density at radius 3 is 1.19 bits per heavy atom. The predicted octanol–water partition coefficient (Wildman–Crippen LogP) is 5.45. The molecule has 0 bridgehead atoms. The van der Waals surface area contributed by atoms with Crippen molar-refractivity contribution in [2.24, 2.45) is 0 Å². The van der Waals surface area contributed by atoms with Crippen LogP contribution >= 0.6 is 0 Å². The van der Waals surface area contributed by atoms with Crippen LogP contribution in [0.3, 0.4) is 0 Å². The molecule has 21 heavy (non-hydrogen) atoms. The summed E-state index contributed by atoms with van der Waals surface area (Å²) in [5.74, 6) is 0. The van der Waals surface area contributed by atoms with Crippen molar-refractivity contribution in [3.8, 4) is 0 Å². The minimum atomic E-state index is 0. The maximum atomic E-state index is 2.90. The molecule has 2 heteroatoms. The summed E-state index contributed by atoms with van der Waals surface area (Å²) in [7, 11) is 0. The molecule has 2 fully saturated rings. The van der Waals surface area contributed by atoms with Gasteiger partial charge in [-0.2, -0.15) is 0 Å². The summed E-state index contributed by atoms with van der Waals surface area (Å²) in [4.78, 5) is 2.90. The van der Waals surface area contributed by atoms with E-state index in [4.69, 9.17) is 0 Å². The number of hydrogen-bond acceptors (Lipinski definition) is 1. The van der Waals surface area contributed by atoms with Crippen molar-refractivity contribution < 1.29 is 0 Å². The monoisotopic (exact) mass is 293 g/mol. The van der Waals surface area contributed by atoms with Gasteiger partial charge >= 0.3 is 0 Å². The van der Waals surface area contributed by atoms with Crippen molar-refractivity contribution in [2.45, 2.75) is 109 Å². The molecular weight excluding hydrogens is 256 g/mol. The summed E-state index contributed by atoms with van der Waals surface area (Å²) in [6, 6.07) is 0.924. The van der Waals surface area contributed by atoms with Crippen LogP contribution in [0.4, 0.5) is 0 Å². The summed E-state index contributed by atoms with van der Waals surface area (Å²) in [5.41, 5.74) is 0. The molecule has 2 nitrogen and oxygen atoms in total. The second kappa shape index (κ2) is 12.5. The van der Waals surface area contributed by atoms with Crippen LogP contribution in [0.5, 0.6) is 0 Å². The van der Waals surface area contributed by atoms with Gasteiger partial charge in [0.05, 0.1) is 0 Å². The maximum Gasteiger partial charge on any atom is 0.00952 e. The largest absolute Gasteiger partial charge is 0.300 e. The fourth-order valence-electron chi connectivity index (χ4n) is 4.14. The molecule has 123 valence electrons. The molecule has 0 aromatic heterocycles. The van der Waals surface area contributed by atoms with Crippen LogP contribution in [0.2, 0.25) is 0 Å². The summed E-state index contributed by atoms with van der Waals surface area (Å²) < 4.78 is 0. The second-order valence-corrected chi connectivity index (χ2v) is 7.22. The van der Waals surface area contributed by atoms with E-state index in [0.29, 0.717) is 0 Å². The van der Waals surface area contributed by atoms with E-state index in [1.807, 2.05) is 0 Å². The normalized spacial score (nSPS) is 25.7. The molecule has 0 unspecified atom stereocenters. The van der Waals surface area contributed by atoms with Gasteiger partial charge in [-0.25, -0.2) is 0 Å². The van der Waals surface area contributed by atoms with Crippen molar-refractivity contribution in [1.82, 2.24) is 11.1 Å². The van der Waals surface area contributed by atoms with Gasteiger partial charge in [0.15, 0.2) is 0 Å². The average Bonchev–Trinajstić information content (AvgIpc) is 2.50. The van der Waals surface area contributed by atoms with E-state index in [1.54, 1.807) is 0 Å². The van der Waals surface area contributed by atoms with E-state index >= 15 is 0 Å². The van der Waals surface area contributed by atoms with Gasteiger partial charge in [0.2, 0.25) is 0 Å². The van der Waals surface area contributed by atoms with Crippen LogP contribution in [0, 0.1) is 0 Å². The summed E-state index contributed by atoms with van der Waals surface area (Å²) >= 11 is 0. The predicted molar refractivity (Wildman–Crippen MR) is 91.4 cm³/mol. The summed E-state index contributed by atoms with van der Waals surface area (Å²) in [6.45, 7) is 2.79. The van der Waals surface area contributed by atoms with E-state index in [0.717, 1.165) is 6.04 Å². The van der Waals surface area contributed by atoms with E-state index < -0.39 is 0 Å². The molecule has 1 heterocycles. The molecule has 0 spiro atoms. The molecular formula is C19H37N2. The third-order valence-electron chi connectivity index (χ3n) is 5.48. The average molecular weight is 294 g/mol. The summed E-state index contributed by atoms with van der Waals surface area (Å²) in [5, 5.41) is 0. The molecule has 2 rings (SSSR count). The molecule has 0 amide bonds. The molecule has 1 aliphatic heterocycles. The van der Waals surface area contributed by atoms with Crippen LogP contribution in [0.25, 0.3) is 0 Å². The standard InChI is InChI=1S/C19H37N.N/c1-3-7-11-15-19(16-12-8-4-1)20-17-13-9-5-2-6-10-14-18-20;/h19H,1-18H2;. The maximum absolute atomic E-state index is 2.90. The van der Waals surface area contributed by atoms with E-state index in [2.05, 4.69) is 4.90 Å². The van der Waals surface area contributed by atoms with Crippen LogP contribution < -0.4 is 6.15 Å². The Hall–Kier alpha value is -0.0800. The Kier molecular flexibility index (Phi) is 11.3. The first-order chi connectivity index (χ1) is 9.97. The molecule has 0 aromatic carbocycles. The zero-order chi connectivity index (χ0) is 13.9. The fourth-order valence-corrected chi connectivity index (χ4v) is 4.14. The highest BCUT2D eigenvalue weighted by Gasteiger charge is 2.18. The molecule has 0 atom stereocenters. The lowest BCUT2D eigenvalue weighted by atomic mass is 9.95. The molecule has 1 aliphatic carbocycles. The lowest BCUT2D eigenvalue weighted by molar-refractivity contribution is 0.159. The number of hydrogen-bond donors (Lipinski definition) is 0. The molecule has 0 aromatic rings. The Balaban J connectivity index is 0.00000220. The second-order valence-electron chi connectivity index (χ2n) is 7.22. The van der Waals surface area contributed by atoms with Gasteiger partial charge in [-0.3, -0.25) is 0 Å². The van der Waals surface area contributed by atoms with Gasteiger partial charge in [0, 0.05) is 12.2 Å². The first-order valence-corrected chi connectivity index (χ1v) is 9.71. The zero-order valence-corrected chi connectivity index (χ0v) is 14.2. The minimum Gasteiger partial charge on any atom is -0.300 e. The van der Waals surface area contributed by atoms with Crippen molar-refractivity contribution >= 4 is 0 Å². The Bertz CT molecular complexity index is 186. The Morgan fingerprint density at radius 1 is 0.429 bits per heavy atom. The summed E-state index contributed by atoms with van der Waals surface area (Å²) in [6.07, 6.45) is 23.7. The molecule has 1 saturated heterocycles. The highest BCUT2D eigenvalue weighted by molar-refractivity contribution is 4.74. The molecule has 0 N–H and O–H groups in total. The number of rotatable bonds is 1. The van der Waals surface area contributed by atoms with Gasteiger partial charge in [-0.1, -0.05) is 77.0 Å². The van der Waals surface area contributed by atoms with E-state index in [-0.39, 0.29) is 6.15 Å². The van der Waals surface area contributed by atoms with Crippen LogP contribution in [-0.2, 0) is 0 Å². The third kappa shape index (κ3) is 8.21. The van der Waals surface area contributed by atoms with Gasteiger partial charge < -0.3 is 4.90 Å². The number of nitrogens with zero attached hydrogens (tertiary/aromatic N) is 2. The first kappa shape index (κ1) is 19.0. The van der Waals surface area contributed by atoms with Gasteiger partial charge in [0.25, 0.3) is 0 Å². The van der Waals surface area contributed by atoms with Crippen molar-refractivity contribution in [2.75, 3.05) is 13.1 Å². The smallest absolute Gasteiger partial charge is 0.00952 e. The van der Waals surface area contributed by atoms with Gasteiger partial charge in [-0.05, 0) is 38.8 Å². The molecule has 3 radical (unpaired) electrons. The molecule has 1 saturated carbocycles. The van der Waals surface area contributed by atoms with Gasteiger partial charge in [0.1, 0.15) is 0 Å². The first-order valence-electron chi connectivity index (χ1n) is 9.71. The lowest BCUT2D eigenvalue weighted by Crippen LogP contribution is -2.37. The Labute approximate surface area is 133 Å². The highest BCUT2D eigenvalue weighted by atomic mass is 15.1. The lowest BCUT2D eigenvalue weighted by Gasteiger charge is -2.33. The van der Waals surface area contributed by atoms with E-state index in [9.17, 15) is 0 Å². The fraction of sp³-hybridized carbons (Fsp3) is 1.00. The quantitative estimate of drug-likeness (QED) is 0.633. The van der Waals surface area contributed by atoms with Gasteiger partial charge in [-0.15, -0.1) is 0 Å². The van der Waals surface area contributed by atoms with Crippen LogP contribution in [0.1, 0.15) is 103 Å². The van der Waals surface area contributed by atoms with Crippen LogP contribution in [0.15, 0.2) is 0 Å². The topological polar surface area (TPSA) is 33.7 Å². The minimum absolute atomic E-state index is 0. The van der Waals surface area contributed by atoms with E-state index in [1.165, 1.54) is 116 Å².